The lowest BCUT2D eigenvalue weighted by Crippen LogP contribution is -2.37. The van der Waals surface area contributed by atoms with Crippen LogP contribution in [-0.4, -0.2) is 18.5 Å². The predicted molar refractivity (Wildman–Crippen MR) is 73.3 cm³/mol. The quantitative estimate of drug-likeness (QED) is 0.866. The maximum absolute atomic E-state index is 12.2. The van der Waals surface area contributed by atoms with E-state index in [0.29, 0.717) is 5.56 Å². The third kappa shape index (κ3) is 3.12. The number of rotatable bonds is 3. The Balaban J connectivity index is 1.98. The van der Waals surface area contributed by atoms with Crippen LogP contribution in [-0.2, 0) is 4.79 Å². The van der Waals surface area contributed by atoms with Gasteiger partial charge in [0.25, 0.3) is 0 Å². The third-order valence-electron chi connectivity index (χ3n) is 3.76. The second kappa shape index (κ2) is 5.85. The first-order chi connectivity index (χ1) is 9.11. The van der Waals surface area contributed by atoms with E-state index in [1.165, 1.54) is 0 Å². The van der Waals surface area contributed by atoms with Crippen LogP contribution in [0, 0.1) is 17.2 Å². The number of nitrogens with one attached hydrogen (secondary N) is 2. The molecule has 2 rings (SSSR count). The van der Waals surface area contributed by atoms with Crippen LogP contribution in [0.5, 0.6) is 0 Å². The van der Waals surface area contributed by atoms with E-state index in [-0.39, 0.29) is 23.9 Å². The zero-order valence-corrected chi connectivity index (χ0v) is 11.3. The standard InChI is InChI=1S/C15H19N3O/c1-10(13-5-3-12(9-16)4-6-13)18-15(19)14-7-8-17-11(14)2/h3-6,10-11,14,17H,7-8H2,1-2H3,(H,18,19). The molecule has 2 N–H and O–H groups in total. The van der Waals surface area contributed by atoms with Gasteiger partial charge in [-0.1, -0.05) is 12.1 Å². The number of benzene rings is 1. The Morgan fingerprint density at radius 2 is 2.16 bits per heavy atom. The Bertz CT molecular complexity index is 489. The Labute approximate surface area is 113 Å². The van der Waals surface area contributed by atoms with Gasteiger partial charge in [-0.25, -0.2) is 0 Å². The van der Waals surface area contributed by atoms with Crippen molar-refractivity contribution in [2.45, 2.75) is 32.4 Å². The maximum Gasteiger partial charge on any atom is 0.225 e. The van der Waals surface area contributed by atoms with Gasteiger partial charge in [0.05, 0.1) is 23.6 Å². The Morgan fingerprint density at radius 1 is 1.47 bits per heavy atom. The van der Waals surface area contributed by atoms with Crippen molar-refractivity contribution < 1.29 is 4.79 Å². The number of hydrogen-bond acceptors (Lipinski definition) is 3. The molecule has 3 unspecified atom stereocenters. The van der Waals surface area contributed by atoms with Gasteiger partial charge in [-0.2, -0.15) is 5.26 Å². The van der Waals surface area contributed by atoms with Crippen molar-refractivity contribution in [2.24, 2.45) is 5.92 Å². The predicted octanol–water partition coefficient (Wildman–Crippen LogP) is 1.73. The van der Waals surface area contributed by atoms with Gasteiger partial charge in [0, 0.05) is 6.04 Å². The molecule has 0 saturated carbocycles. The summed E-state index contributed by atoms with van der Waals surface area (Å²) in [7, 11) is 0. The molecule has 1 aliphatic rings. The molecule has 1 amide bonds. The van der Waals surface area contributed by atoms with Crippen molar-refractivity contribution >= 4 is 5.91 Å². The average Bonchev–Trinajstić information content (AvgIpc) is 2.85. The minimum Gasteiger partial charge on any atom is -0.349 e. The monoisotopic (exact) mass is 257 g/mol. The van der Waals surface area contributed by atoms with Crippen LogP contribution in [0.15, 0.2) is 24.3 Å². The van der Waals surface area contributed by atoms with Crippen molar-refractivity contribution in [3.8, 4) is 6.07 Å². The van der Waals surface area contributed by atoms with E-state index in [1.54, 1.807) is 12.1 Å². The fourth-order valence-corrected chi connectivity index (χ4v) is 2.47. The van der Waals surface area contributed by atoms with Crippen LogP contribution in [0.25, 0.3) is 0 Å². The van der Waals surface area contributed by atoms with Crippen molar-refractivity contribution in [1.29, 1.82) is 5.26 Å². The minimum absolute atomic E-state index is 0.0342. The smallest absolute Gasteiger partial charge is 0.225 e. The molecule has 3 atom stereocenters. The van der Waals surface area contributed by atoms with E-state index in [1.807, 2.05) is 26.0 Å². The van der Waals surface area contributed by atoms with Crippen molar-refractivity contribution in [2.75, 3.05) is 6.54 Å². The lowest BCUT2D eigenvalue weighted by molar-refractivity contribution is -0.125. The largest absolute Gasteiger partial charge is 0.349 e. The topological polar surface area (TPSA) is 64.9 Å². The first kappa shape index (κ1) is 13.6. The van der Waals surface area contributed by atoms with Gasteiger partial charge in [0.15, 0.2) is 0 Å². The summed E-state index contributed by atoms with van der Waals surface area (Å²) < 4.78 is 0. The van der Waals surface area contributed by atoms with Gasteiger partial charge in [-0.3, -0.25) is 4.79 Å². The molecular formula is C15H19N3O. The van der Waals surface area contributed by atoms with Gasteiger partial charge in [-0.05, 0) is 44.5 Å². The highest BCUT2D eigenvalue weighted by molar-refractivity contribution is 5.80. The van der Waals surface area contributed by atoms with Gasteiger partial charge in [0.2, 0.25) is 5.91 Å². The summed E-state index contributed by atoms with van der Waals surface area (Å²) in [5.41, 5.74) is 1.65. The molecule has 0 aliphatic carbocycles. The van der Waals surface area contributed by atoms with E-state index >= 15 is 0 Å². The Morgan fingerprint density at radius 3 is 2.68 bits per heavy atom. The number of amides is 1. The molecule has 0 radical (unpaired) electrons. The Hall–Kier alpha value is -1.86. The molecule has 4 nitrogen and oxygen atoms in total. The number of nitrogens with zero attached hydrogens (tertiary/aromatic N) is 1. The van der Waals surface area contributed by atoms with Crippen LogP contribution < -0.4 is 10.6 Å². The Kier molecular flexibility index (Phi) is 4.18. The number of carbonyl (C=O) groups excluding carboxylic acids is 1. The number of hydrogen-bond donors (Lipinski definition) is 2. The molecule has 0 spiro atoms. The second-order valence-electron chi connectivity index (χ2n) is 5.10. The first-order valence-corrected chi connectivity index (χ1v) is 6.65. The highest BCUT2D eigenvalue weighted by atomic mass is 16.2. The number of nitriles is 1. The van der Waals surface area contributed by atoms with Gasteiger partial charge < -0.3 is 10.6 Å². The summed E-state index contributed by atoms with van der Waals surface area (Å²) in [4.78, 5) is 12.2. The fourth-order valence-electron chi connectivity index (χ4n) is 2.47. The summed E-state index contributed by atoms with van der Waals surface area (Å²) in [6.45, 7) is 4.92. The first-order valence-electron chi connectivity index (χ1n) is 6.65. The lowest BCUT2D eigenvalue weighted by atomic mass is 9.99. The van der Waals surface area contributed by atoms with E-state index in [0.717, 1.165) is 18.5 Å². The van der Waals surface area contributed by atoms with Crippen LogP contribution in [0.2, 0.25) is 0 Å². The van der Waals surface area contributed by atoms with Crippen LogP contribution in [0.3, 0.4) is 0 Å². The molecule has 19 heavy (non-hydrogen) atoms. The summed E-state index contributed by atoms with van der Waals surface area (Å²) >= 11 is 0. The normalized spacial score (nSPS) is 23.6. The molecule has 0 bridgehead atoms. The molecule has 1 aliphatic heterocycles. The zero-order valence-electron chi connectivity index (χ0n) is 11.3. The van der Waals surface area contributed by atoms with Crippen LogP contribution >= 0.6 is 0 Å². The van der Waals surface area contributed by atoms with Crippen LogP contribution in [0.1, 0.15) is 37.4 Å². The summed E-state index contributed by atoms with van der Waals surface area (Å²) in [6, 6.07) is 9.63. The molecule has 100 valence electrons. The molecule has 1 aromatic rings. The van der Waals surface area contributed by atoms with E-state index < -0.39 is 0 Å². The summed E-state index contributed by atoms with van der Waals surface area (Å²) in [5.74, 6) is 0.162. The second-order valence-corrected chi connectivity index (χ2v) is 5.10. The van der Waals surface area contributed by atoms with Gasteiger partial charge >= 0.3 is 0 Å². The summed E-state index contributed by atoms with van der Waals surface area (Å²) in [5, 5.41) is 15.1. The highest BCUT2D eigenvalue weighted by Gasteiger charge is 2.29. The molecule has 1 aromatic carbocycles. The molecule has 1 heterocycles. The van der Waals surface area contributed by atoms with E-state index in [2.05, 4.69) is 16.7 Å². The fraction of sp³-hybridized carbons (Fsp3) is 0.467. The highest BCUT2D eigenvalue weighted by Crippen LogP contribution is 2.18. The minimum atomic E-state index is -0.0342. The van der Waals surface area contributed by atoms with Crippen molar-refractivity contribution in [3.05, 3.63) is 35.4 Å². The van der Waals surface area contributed by atoms with Crippen molar-refractivity contribution in [3.63, 3.8) is 0 Å². The molecule has 4 heteroatoms. The van der Waals surface area contributed by atoms with E-state index in [9.17, 15) is 4.79 Å². The SMILES string of the molecule is CC(NC(=O)C1CCNC1C)c1ccc(C#N)cc1. The average molecular weight is 257 g/mol. The van der Waals surface area contributed by atoms with Gasteiger partial charge in [-0.15, -0.1) is 0 Å². The third-order valence-corrected chi connectivity index (χ3v) is 3.76. The number of carbonyl (C=O) groups is 1. The lowest BCUT2D eigenvalue weighted by Gasteiger charge is -2.19. The van der Waals surface area contributed by atoms with Crippen LogP contribution in [0.4, 0.5) is 0 Å². The molecular weight excluding hydrogens is 238 g/mol. The molecule has 1 saturated heterocycles. The van der Waals surface area contributed by atoms with E-state index in [4.69, 9.17) is 5.26 Å². The molecule has 1 fully saturated rings. The zero-order chi connectivity index (χ0) is 13.8. The van der Waals surface area contributed by atoms with Gasteiger partial charge in [0.1, 0.15) is 0 Å². The maximum atomic E-state index is 12.2. The summed E-state index contributed by atoms with van der Waals surface area (Å²) in [6.07, 6.45) is 0.896. The van der Waals surface area contributed by atoms with Crippen molar-refractivity contribution in [1.82, 2.24) is 10.6 Å². The molecule has 0 aromatic heterocycles.